The molecule has 0 saturated carbocycles. The third-order valence-electron chi connectivity index (χ3n) is 6.19. The van der Waals surface area contributed by atoms with E-state index in [1.165, 1.54) is 36.3 Å². The molecule has 2 amide bonds. The average Bonchev–Trinajstić information content (AvgIpc) is 3.16. The predicted octanol–water partition coefficient (Wildman–Crippen LogP) is 5.16. The van der Waals surface area contributed by atoms with E-state index in [0.29, 0.717) is 35.2 Å². The zero-order valence-electron chi connectivity index (χ0n) is 22.0. The zero-order chi connectivity index (χ0) is 27.9. The number of anilines is 2. The minimum absolute atomic E-state index is 0.141. The summed E-state index contributed by atoms with van der Waals surface area (Å²) in [6, 6.07) is 17.1. The number of rotatable bonds is 11. The molecule has 1 saturated heterocycles. The molecule has 8 nitrogen and oxygen atoms in total. The minimum Gasteiger partial charge on any atom is -0.494 e. The number of carbonyl (C=O) groups is 2. The Balaban J connectivity index is 1.57. The molecule has 1 aliphatic heterocycles. The van der Waals surface area contributed by atoms with E-state index in [2.05, 4.69) is 5.32 Å². The molecule has 0 radical (unpaired) electrons. The highest BCUT2D eigenvalue weighted by atomic mass is 32.1. The molecule has 0 spiro atoms. The second-order valence-corrected chi connectivity index (χ2v) is 9.26. The maximum absolute atomic E-state index is 13.6. The van der Waals surface area contributed by atoms with Gasteiger partial charge in [0.2, 0.25) is 5.91 Å². The number of nitrogens with zero attached hydrogens (tertiary/aromatic N) is 2. The fourth-order valence-corrected chi connectivity index (χ4v) is 4.65. The molecular formula is C29H30FN3O5S. The van der Waals surface area contributed by atoms with Crippen molar-refractivity contribution in [2.75, 3.05) is 31.0 Å². The Morgan fingerprint density at radius 1 is 1.00 bits per heavy atom. The van der Waals surface area contributed by atoms with Crippen LogP contribution in [0.5, 0.6) is 17.2 Å². The molecular weight excluding hydrogens is 521 g/mol. The number of thiocarbonyl (C=S) groups is 1. The highest BCUT2D eigenvalue weighted by molar-refractivity contribution is 7.80. The Kier molecular flexibility index (Phi) is 8.98. The van der Waals surface area contributed by atoms with Gasteiger partial charge in [-0.25, -0.2) is 4.39 Å². The fraction of sp³-hybridized carbons (Fsp3) is 0.276. The van der Waals surface area contributed by atoms with Crippen LogP contribution in [0.4, 0.5) is 15.8 Å². The molecule has 1 N–H and O–H groups in total. The van der Waals surface area contributed by atoms with E-state index in [1.807, 2.05) is 13.0 Å². The predicted molar refractivity (Wildman–Crippen MR) is 151 cm³/mol. The average molecular weight is 552 g/mol. The van der Waals surface area contributed by atoms with Crippen LogP contribution in [0.2, 0.25) is 0 Å². The lowest BCUT2D eigenvalue weighted by Gasteiger charge is -2.24. The van der Waals surface area contributed by atoms with Crippen molar-refractivity contribution in [3.05, 3.63) is 78.1 Å². The van der Waals surface area contributed by atoms with Gasteiger partial charge in [-0.05, 0) is 84.9 Å². The number of methoxy groups -OCH3 is 2. The van der Waals surface area contributed by atoms with Crippen molar-refractivity contribution < 1.29 is 28.2 Å². The maximum atomic E-state index is 13.6. The van der Waals surface area contributed by atoms with Crippen molar-refractivity contribution in [1.29, 1.82) is 0 Å². The Morgan fingerprint density at radius 2 is 1.69 bits per heavy atom. The number of hydrogen-bond donors (Lipinski definition) is 1. The highest BCUT2D eigenvalue weighted by Gasteiger charge is 2.44. The van der Waals surface area contributed by atoms with Gasteiger partial charge in [-0.2, -0.15) is 0 Å². The van der Waals surface area contributed by atoms with Crippen LogP contribution in [0, 0.1) is 5.82 Å². The molecule has 1 fully saturated rings. The molecule has 1 aliphatic rings. The van der Waals surface area contributed by atoms with Crippen molar-refractivity contribution in [2.45, 2.75) is 32.4 Å². The molecule has 10 heteroatoms. The number of hydrogen-bond acceptors (Lipinski definition) is 6. The van der Waals surface area contributed by atoms with Crippen LogP contribution in [0.25, 0.3) is 0 Å². The van der Waals surface area contributed by atoms with Gasteiger partial charge >= 0.3 is 0 Å². The summed E-state index contributed by atoms with van der Waals surface area (Å²) in [4.78, 5) is 29.7. The standard InChI is InChI=1S/C29H30FN3O5S/c1-4-15-38-23-12-8-21(9-13-23)31-27(34)17-24-28(35)33(22-10-6-20(30)7-11-22)29(39)32(24)18-19-5-14-25(36-2)26(16-19)37-3/h5-14,16,24H,4,15,17-18H2,1-3H3,(H,31,34)/t24-/m0/s1. The first-order valence-corrected chi connectivity index (χ1v) is 12.9. The van der Waals surface area contributed by atoms with Crippen molar-refractivity contribution in [3.63, 3.8) is 0 Å². The van der Waals surface area contributed by atoms with Gasteiger partial charge in [0, 0.05) is 12.2 Å². The Morgan fingerprint density at radius 3 is 2.33 bits per heavy atom. The fourth-order valence-electron chi connectivity index (χ4n) is 4.26. The second kappa shape index (κ2) is 12.6. The topological polar surface area (TPSA) is 80.3 Å². The maximum Gasteiger partial charge on any atom is 0.256 e. The third-order valence-corrected chi connectivity index (χ3v) is 6.61. The van der Waals surface area contributed by atoms with Gasteiger partial charge in [0.05, 0.1) is 32.9 Å². The van der Waals surface area contributed by atoms with E-state index >= 15 is 0 Å². The van der Waals surface area contributed by atoms with Gasteiger partial charge in [0.1, 0.15) is 17.6 Å². The first-order chi connectivity index (χ1) is 18.8. The molecule has 204 valence electrons. The van der Waals surface area contributed by atoms with E-state index in [4.69, 9.17) is 26.4 Å². The molecule has 39 heavy (non-hydrogen) atoms. The molecule has 3 aromatic rings. The summed E-state index contributed by atoms with van der Waals surface area (Å²) in [6.45, 7) is 2.87. The van der Waals surface area contributed by atoms with Gasteiger partial charge in [0.15, 0.2) is 16.6 Å². The molecule has 0 aromatic heterocycles. The Labute approximate surface area is 232 Å². The molecule has 3 aromatic carbocycles. The van der Waals surface area contributed by atoms with E-state index in [9.17, 15) is 14.0 Å². The van der Waals surface area contributed by atoms with E-state index in [1.54, 1.807) is 48.4 Å². The van der Waals surface area contributed by atoms with Crippen molar-refractivity contribution in [2.24, 2.45) is 0 Å². The third kappa shape index (κ3) is 6.46. The number of halogens is 1. The molecule has 0 aliphatic carbocycles. The van der Waals surface area contributed by atoms with Gasteiger partial charge in [0.25, 0.3) is 5.91 Å². The molecule has 1 heterocycles. The first-order valence-electron chi connectivity index (χ1n) is 12.5. The molecule has 4 rings (SSSR count). The van der Waals surface area contributed by atoms with Crippen LogP contribution in [-0.4, -0.2) is 48.7 Å². The largest absolute Gasteiger partial charge is 0.494 e. The lowest BCUT2D eigenvalue weighted by Crippen LogP contribution is -2.37. The number of amides is 2. The van der Waals surface area contributed by atoms with Crippen LogP contribution in [0.1, 0.15) is 25.3 Å². The normalized spacial score (nSPS) is 14.9. The smallest absolute Gasteiger partial charge is 0.256 e. The highest BCUT2D eigenvalue weighted by Crippen LogP contribution is 2.32. The summed E-state index contributed by atoms with van der Waals surface area (Å²) in [7, 11) is 3.09. The van der Waals surface area contributed by atoms with Crippen LogP contribution in [0.3, 0.4) is 0 Å². The van der Waals surface area contributed by atoms with Crippen molar-refractivity contribution >= 4 is 40.5 Å². The van der Waals surface area contributed by atoms with Gasteiger partial charge in [-0.1, -0.05) is 13.0 Å². The molecule has 1 atom stereocenters. The Hall–Kier alpha value is -4.18. The van der Waals surface area contributed by atoms with E-state index in [0.717, 1.165) is 12.0 Å². The number of benzene rings is 3. The summed E-state index contributed by atoms with van der Waals surface area (Å²) in [5.74, 6) is 0.656. The lowest BCUT2D eigenvalue weighted by atomic mass is 10.1. The monoisotopic (exact) mass is 551 g/mol. The minimum atomic E-state index is -0.872. The van der Waals surface area contributed by atoms with E-state index in [-0.39, 0.29) is 29.9 Å². The van der Waals surface area contributed by atoms with Gasteiger partial charge < -0.3 is 24.4 Å². The van der Waals surface area contributed by atoms with Crippen LogP contribution in [0.15, 0.2) is 66.7 Å². The summed E-state index contributed by atoms with van der Waals surface area (Å²) >= 11 is 5.71. The van der Waals surface area contributed by atoms with E-state index < -0.39 is 11.9 Å². The SMILES string of the molecule is CCCOc1ccc(NC(=O)C[C@H]2C(=O)N(c3ccc(F)cc3)C(=S)N2Cc2ccc(OC)c(OC)c2)cc1. The zero-order valence-corrected chi connectivity index (χ0v) is 22.8. The number of carbonyl (C=O) groups excluding carboxylic acids is 2. The summed E-state index contributed by atoms with van der Waals surface area (Å²) in [5.41, 5.74) is 1.81. The number of nitrogens with one attached hydrogen (secondary N) is 1. The lowest BCUT2D eigenvalue weighted by molar-refractivity contribution is -0.124. The van der Waals surface area contributed by atoms with Crippen molar-refractivity contribution in [3.8, 4) is 17.2 Å². The first kappa shape index (κ1) is 27.8. The summed E-state index contributed by atoms with van der Waals surface area (Å²) in [5, 5.41) is 3.07. The summed E-state index contributed by atoms with van der Waals surface area (Å²) in [6.07, 6.45) is 0.753. The summed E-state index contributed by atoms with van der Waals surface area (Å²) < 4.78 is 29.9. The van der Waals surface area contributed by atoms with Crippen molar-refractivity contribution in [1.82, 2.24) is 4.90 Å². The van der Waals surface area contributed by atoms with Gasteiger partial charge in [-0.3, -0.25) is 14.5 Å². The van der Waals surface area contributed by atoms with Gasteiger partial charge in [-0.15, -0.1) is 0 Å². The van der Waals surface area contributed by atoms with Crippen LogP contribution >= 0.6 is 12.2 Å². The molecule has 0 unspecified atom stereocenters. The quantitative estimate of drug-likeness (QED) is 0.330. The second-order valence-electron chi connectivity index (χ2n) is 8.89. The van der Waals surface area contributed by atoms with Crippen LogP contribution < -0.4 is 24.4 Å². The number of ether oxygens (including phenoxy) is 3. The van der Waals surface area contributed by atoms with Crippen LogP contribution in [-0.2, 0) is 16.1 Å². The Bertz CT molecular complexity index is 1330. The molecule has 0 bridgehead atoms.